The maximum atomic E-state index is 5.75. The molecule has 0 aliphatic heterocycles. The molecule has 0 saturated carbocycles. The first kappa shape index (κ1) is 14.5. The van der Waals surface area contributed by atoms with E-state index in [2.05, 4.69) is 84.5 Å². The molecule has 3 aromatic rings. The monoisotopic (exact) mass is 300 g/mol. The second-order valence-corrected chi connectivity index (χ2v) is 8.28. The van der Waals surface area contributed by atoms with Crippen molar-refractivity contribution < 1.29 is 0 Å². The van der Waals surface area contributed by atoms with Crippen LogP contribution in [0.4, 0.5) is 0 Å². The van der Waals surface area contributed by atoms with Crippen LogP contribution in [-0.4, -0.2) is 5.80 Å². The van der Waals surface area contributed by atoms with Crippen LogP contribution in [-0.2, 0) is 0 Å². The molecule has 1 heteroatoms. The second-order valence-electron chi connectivity index (χ2n) is 5.03. The maximum Gasteiger partial charge on any atom is -0.00202 e. The van der Waals surface area contributed by atoms with Gasteiger partial charge in [-0.2, -0.15) is 0 Å². The van der Waals surface area contributed by atoms with E-state index in [1.807, 2.05) is 18.2 Å². The molecule has 22 heavy (non-hydrogen) atoms. The van der Waals surface area contributed by atoms with Crippen molar-refractivity contribution in [1.29, 1.82) is 0 Å². The predicted octanol–water partition coefficient (Wildman–Crippen LogP) is 3.42. The number of hydrogen-bond donors (Lipinski definition) is 0. The van der Waals surface area contributed by atoms with Gasteiger partial charge in [0.1, 0.15) is 0 Å². The van der Waals surface area contributed by atoms with E-state index in [0.717, 1.165) is 0 Å². The minimum absolute atomic E-state index is 1.28. The zero-order valence-electron chi connectivity index (χ0n) is 12.3. The molecule has 0 heterocycles. The minimum Gasteiger partial charge on any atom is -0.115 e. The molecule has 0 bridgehead atoms. The van der Waals surface area contributed by atoms with Crippen LogP contribution in [0.25, 0.3) is 0 Å². The molecule has 0 aromatic heterocycles. The largest absolute Gasteiger partial charge is 0.115 e. The Bertz CT molecular complexity index is 722. The van der Waals surface area contributed by atoms with Crippen LogP contribution in [0.5, 0.6) is 0 Å². The lowest BCUT2D eigenvalue weighted by atomic mass is 10.4. The molecule has 0 amide bonds. The summed E-state index contributed by atoms with van der Waals surface area (Å²) in [5.41, 5.74) is 0. The molecule has 0 N–H and O–H groups in total. The zero-order valence-corrected chi connectivity index (χ0v) is 13.2. The summed E-state index contributed by atoms with van der Waals surface area (Å²) in [5, 5.41) is 3.85. The van der Waals surface area contributed by atoms with Crippen molar-refractivity contribution >= 4 is 28.6 Å². The number of benzene rings is 3. The first-order valence-corrected chi connectivity index (χ1v) is 9.10. The summed E-state index contributed by atoms with van der Waals surface area (Å²) in [6, 6.07) is 31.7. The van der Waals surface area contributed by atoms with E-state index in [1.54, 1.807) is 0 Å². The van der Waals surface area contributed by atoms with Gasteiger partial charge in [-0.15, -0.1) is 6.42 Å². The van der Waals surface area contributed by atoms with Gasteiger partial charge in [0, 0.05) is 0 Å². The lowest BCUT2D eigenvalue weighted by Gasteiger charge is -2.27. The molecule has 106 valence electrons. The molecule has 0 radical (unpaired) electrons. The Morgan fingerprint density at radius 1 is 0.591 bits per heavy atom. The van der Waals surface area contributed by atoms with E-state index in [4.69, 9.17) is 6.42 Å². The van der Waals surface area contributed by atoms with Crippen LogP contribution >= 0.6 is 6.89 Å². The van der Waals surface area contributed by atoms with Crippen molar-refractivity contribution in [3.63, 3.8) is 0 Å². The van der Waals surface area contributed by atoms with Crippen LogP contribution in [0.3, 0.4) is 0 Å². The highest BCUT2D eigenvalue weighted by molar-refractivity contribution is 7.94. The quantitative estimate of drug-likeness (QED) is 0.513. The summed E-state index contributed by atoms with van der Waals surface area (Å²) >= 11 is 0. The average molecular weight is 300 g/mol. The van der Waals surface area contributed by atoms with Gasteiger partial charge in [0.15, 0.2) is 0 Å². The van der Waals surface area contributed by atoms with Crippen molar-refractivity contribution in [1.82, 2.24) is 0 Å². The fraction of sp³-hybridized carbons (Fsp3) is 0. The van der Waals surface area contributed by atoms with Crippen molar-refractivity contribution in [2.45, 2.75) is 0 Å². The molecular weight excluding hydrogens is 283 g/mol. The highest BCUT2D eigenvalue weighted by atomic mass is 31.2. The number of hydrogen-bond acceptors (Lipinski definition) is 0. The SMILES string of the molecule is C#CC=P(c1ccccc1)(c1ccccc1)c1ccccc1. The van der Waals surface area contributed by atoms with E-state index in [1.165, 1.54) is 15.9 Å². The molecule has 0 aliphatic carbocycles. The lowest BCUT2D eigenvalue weighted by molar-refractivity contribution is 1.73. The Labute approximate surface area is 132 Å². The summed E-state index contributed by atoms with van der Waals surface area (Å²) < 4.78 is 0. The maximum absolute atomic E-state index is 5.75. The van der Waals surface area contributed by atoms with Crippen LogP contribution in [0, 0.1) is 12.3 Å². The Balaban J connectivity index is 2.41. The van der Waals surface area contributed by atoms with Gasteiger partial charge in [-0.1, -0.05) is 96.9 Å². The second kappa shape index (κ2) is 6.52. The molecule has 0 saturated heterocycles. The molecule has 0 fully saturated rings. The molecule has 0 unspecified atom stereocenters. The van der Waals surface area contributed by atoms with Gasteiger partial charge in [0.05, 0.1) is 0 Å². The summed E-state index contributed by atoms with van der Waals surface area (Å²) in [5.74, 6) is 4.89. The van der Waals surface area contributed by atoms with Crippen LogP contribution < -0.4 is 15.9 Å². The van der Waals surface area contributed by atoms with Gasteiger partial charge in [0.2, 0.25) is 0 Å². The first-order valence-electron chi connectivity index (χ1n) is 7.24. The standard InChI is InChI=1S/C21H17P/c1-2-18-22(19-12-6-3-7-13-19,20-14-8-4-9-15-20)21-16-10-5-11-17-21/h1,3-18H. The van der Waals surface area contributed by atoms with Gasteiger partial charge in [-0.25, -0.2) is 0 Å². The molecule has 0 spiro atoms. The number of rotatable bonds is 3. The van der Waals surface area contributed by atoms with Crippen molar-refractivity contribution in [3.8, 4) is 12.3 Å². The Kier molecular flexibility index (Phi) is 4.29. The Hall–Kier alpha value is -2.48. The lowest BCUT2D eigenvalue weighted by Crippen LogP contribution is -2.26. The summed E-state index contributed by atoms with van der Waals surface area (Å²) in [4.78, 5) is 0. The van der Waals surface area contributed by atoms with Gasteiger partial charge in [-0.05, 0) is 28.6 Å². The molecule has 3 aromatic carbocycles. The fourth-order valence-electron chi connectivity index (χ4n) is 2.77. The van der Waals surface area contributed by atoms with Gasteiger partial charge in [0.25, 0.3) is 0 Å². The molecule has 0 nitrogen and oxygen atoms in total. The molecule has 0 atom stereocenters. The summed E-state index contributed by atoms with van der Waals surface area (Å²) in [6.07, 6.45) is 5.75. The third kappa shape index (κ3) is 2.52. The normalized spacial score (nSPS) is 10.7. The van der Waals surface area contributed by atoms with Crippen molar-refractivity contribution in [3.05, 3.63) is 91.0 Å². The van der Waals surface area contributed by atoms with E-state index < -0.39 is 6.89 Å². The first-order chi connectivity index (χ1) is 10.9. The van der Waals surface area contributed by atoms with Crippen molar-refractivity contribution in [2.75, 3.05) is 0 Å². The highest BCUT2D eigenvalue weighted by Gasteiger charge is 2.23. The van der Waals surface area contributed by atoms with Crippen LogP contribution in [0.15, 0.2) is 91.0 Å². The van der Waals surface area contributed by atoms with E-state index >= 15 is 0 Å². The van der Waals surface area contributed by atoms with Gasteiger partial charge in [-0.3, -0.25) is 0 Å². The van der Waals surface area contributed by atoms with Crippen LogP contribution in [0.1, 0.15) is 0 Å². The number of terminal acetylenes is 1. The van der Waals surface area contributed by atoms with E-state index in [0.29, 0.717) is 0 Å². The average Bonchev–Trinajstić information content (AvgIpc) is 2.62. The summed E-state index contributed by atoms with van der Waals surface area (Å²) in [6.45, 7) is -1.91. The van der Waals surface area contributed by atoms with E-state index in [-0.39, 0.29) is 0 Å². The third-order valence-electron chi connectivity index (χ3n) is 3.76. The highest BCUT2D eigenvalue weighted by Crippen LogP contribution is 2.43. The Morgan fingerprint density at radius 3 is 1.18 bits per heavy atom. The topological polar surface area (TPSA) is 0 Å². The van der Waals surface area contributed by atoms with Crippen LogP contribution in [0.2, 0.25) is 0 Å². The fourth-order valence-corrected chi connectivity index (χ4v) is 6.26. The summed E-state index contributed by atoms with van der Waals surface area (Å²) in [7, 11) is 0. The van der Waals surface area contributed by atoms with Crippen molar-refractivity contribution in [2.24, 2.45) is 0 Å². The van der Waals surface area contributed by atoms with E-state index in [9.17, 15) is 0 Å². The molecule has 3 rings (SSSR count). The minimum atomic E-state index is -1.91. The predicted molar refractivity (Wildman–Crippen MR) is 100 cm³/mol. The zero-order chi connectivity index (χ0) is 15.3. The van der Waals surface area contributed by atoms with Gasteiger partial charge >= 0.3 is 0 Å². The van der Waals surface area contributed by atoms with Gasteiger partial charge < -0.3 is 0 Å². The third-order valence-corrected chi connectivity index (χ3v) is 7.63. The Morgan fingerprint density at radius 2 is 0.909 bits per heavy atom. The molecular formula is C21H17P. The smallest absolute Gasteiger partial charge is 0.00202 e. The molecule has 0 aliphatic rings.